The Hall–Kier alpha value is -4.20. The Kier molecular flexibility index (Phi) is 6.18. The molecule has 3 aromatic carbocycles. The first-order valence-electron chi connectivity index (χ1n) is 11.8. The third-order valence-corrected chi connectivity index (χ3v) is 6.71. The number of fused-ring (bicyclic) bond motifs is 2. The molecule has 1 fully saturated rings. The monoisotopic (exact) mass is 470 g/mol. The predicted octanol–water partition coefficient (Wildman–Crippen LogP) is 4.19. The summed E-state index contributed by atoms with van der Waals surface area (Å²) in [5.41, 5.74) is 2.82. The van der Waals surface area contributed by atoms with Crippen molar-refractivity contribution >= 4 is 39.1 Å². The number of benzene rings is 3. The number of piperazine rings is 1. The molecular weight excluding hydrogens is 444 g/mol. The summed E-state index contributed by atoms with van der Waals surface area (Å²) in [4.78, 5) is 40.3. The van der Waals surface area contributed by atoms with E-state index in [0.717, 1.165) is 16.7 Å². The molecule has 0 spiro atoms. The highest BCUT2D eigenvalue weighted by Crippen LogP contribution is 2.22. The Morgan fingerprint density at radius 1 is 0.829 bits per heavy atom. The molecule has 1 aromatic heterocycles. The van der Waals surface area contributed by atoms with Gasteiger partial charge in [0.1, 0.15) is 0 Å². The fraction of sp³-hybridized carbons (Fsp3) is 0.259. The van der Waals surface area contributed by atoms with Gasteiger partial charge in [-0.25, -0.2) is 0 Å². The molecular formula is C27H26N4O4. The average Bonchev–Trinajstić information content (AvgIpc) is 2.90. The molecule has 8 nitrogen and oxygen atoms in total. The van der Waals surface area contributed by atoms with Crippen LogP contribution in [0.4, 0.5) is 11.4 Å². The summed E-state index contributed by atoms with van der Waals surface area (Å²) in [5.74, 6) is 0.128. The molecule has 5 rings (SSSR count). The van der Waals surface area contributed by atoms with Crippen molar-refractivity contribution in [2.24, 2.45) is 0 Å². The van der Waals surface area contributed by atoms with Crippen LogP contribution >= 0.6 is 0 Å². The zero-order valence-electron chi connectivity index (χ0n) is 19.3. The molecule has 4 aromatic rings. The molecule has 1 aliphatic rings. The maximum Gasteiger partial charge on any atom is 0.269 e. The summed E-state index contributed by atoms with van der Waals surface area (Å²) in [6.07, 6.45) is 1.12. The van der Waals surface area contributed by atoms with Gasteiger partial charge in [-0.05, 0) is 42.8 Å². The minimum atomic E-state index is -0.403. The summed E-state index contributed by atoms with van der Waals surface area (Å²) in [6, 6.07) is 21.8. The van der Waals surface area contributed by atoms with Gasteiger partial charge in [-0.2, -0.15) is 0 Å². The molecule has 0 aliphatic carbocycles. The number of hydrogen-bond donors (Lipinski definition) is 0. The van der Waals surface area contributed by atoms with Crippen LogP contribution < -0.4 is 10.3 Å². The van der Waals surface area contributed by atoms with Crippen LogP contribution in [-0.4, -0.2) is 46.5 Å². The molecule has 2 heterocycles. The lowest BCUT2D eigenvalue weighted by molar-refractivity contribution is -0.384. The number of aryl methyl sites for hydroxylation is 1. The van der Waals surface area contributed by atoms with Gasteiger partial charge >= 0.3 is 0 Å². The molecule has 0 radical (unpaired) electrons. The van der Waals surface area contributed by atoms with Crippen molar-refractivity contribution in [1.29, 1.82) is 0 Å². The topological polar surface area (TPSA) is 88.7 Å². The number of carbonyl (C=O) groups is 1. The molecule has 178 valence electrons. The second-order valence-corrected chi connectivity index (χ2v) is 8.76. The third kappa shape index (κ3) is 4.47. The van der Waals surface area contributed by atoms with E-state index in [1.54, 1.807) is 12.1 Å². The summed E-state index contributed by atoms with van der Waals surface area (Å²) in [7, 11) is 0. The number of nitrogens with zero attached hydrogens (tertiary/aromatic N) is 4. The summed E-state index contributed by atoms with van der Waals surface area (Å²) >= 11 is 0. The van der Waals surface area contributed by atoms with Crippen LogP contribution in [0.3, 0.4) is 0 Å². The number of pyridine rings is 1. The van der Waals surface area contributed by atoms with E-state index in [0.29, 0.717) is 56.3 Å². The van der Waals surface area contributed by atoms with Crippen LogP contribution in [0.25, 0.3) is 21.8 Å². The van der Waals surface area contributed by atoms with Gasteiger partial charge in [0.05, 0.1) is 16.0 Å². The van der Waals surface area contributed by atoms with Crippen molar-refractivity contribution in [3.8, 4) is 0 Å². The lowest BCUT2D eigenvalue weighted by Crippen LogP contribution is -2.48. The predicted molar refractivity (Wildman–Crippen MR) is 137 cm³/mol. The first-order valence-corrected chi connectivity index (χ1v) is 11.8. The average molecular weight is 471 g/mol. The molecule has 0 bridgehead atoms. The van der Waals surface area contributed by atoms with Crippen molar-refractivity contribution in [3.63, 3.8) is 0 Å². The number of nitro benzene ring substituents is 1. The lowest BCUT2D eigenvalue weighted by atomic mass is 10.1. The van der Waals surface area contributed by atoms with E-state index in [9.17, 15) is 19.7 Å². The standard InChI is InChI=1S/C27H26N4O4/c32-26(29-18-16-28(17-19-29)20-11-13-21(14-12-20)31(34)35)10-5-15-30-24-8-3-1-6-22(24)27(33)23-7-2-4-9-25(23)30/h1-4,6-9,11-14H,5,10,15-19H2. The van der Waals surface area contributed by atoms with E-state index < -0.39 is 4.92 Å². The number of amides is 1. The number of hydrogen-bond acceptors (Lipinski definition) is 5. The van der Waals surface area contributed by atoms with Crippen LogP contribution in [0.15, 0.2) is 77.6 Å². The van der Waals surface area contributed by atoms with E-state index >= 15 is 0 Å². The molecule has 0 unspecified atom stereocenters. The molecule has 0 atom stereocenters. The minimum Gasteiger partial charge on any atom is -0.368 e. The van der Waals surface area contributed by atoms with Gasteiger partial charge in [-0.15, -0.1) is 0 Å². The molecule has 35 heavy (non-hydrogen) atoms. The fourth-order valence-corrected chi connectivity index (χ4v) is 4.86. The number of nitro groups is 1. The van der Waals surface area contributed by atoms with Crippen molar-refractivity contribution in [2.75, 3.05) is 31.1 Å². The Morgan fingerprint density at radius 2 is 1.40 bits per heavy atom. The maximum atomic E-state index is 12.9. The molecule has 0 saturated carbocycles. The fourth-order valence-electron chi connectivity index (χ4n) is 4.86. The summed E-state index contributed by atoms with van der Waals surface area (Å²) < 4.78 is 2.14. The molecule has 1 aliphatic heterocycles. The highest BCUT2D eigenvalue weighted by Gasteiger charge is 2.21. The second kappa shape index (κ2) is 9.58. The van der Waals surface area contributed by atoms with Crippen LogP contribution in [0.2, 0.25) is 0 Å². The Labute approximate surface area is 202 Å². The third-order valence-electron chi connectivity index (χ3n) is 6.71. The number of anilines is 1. The van der Waals surface area contributed by atoms with Crippen LogP contribution in [0.5, 0.6) is 0 Å². The van der Waals surface area contributed by atoms with E-state index in [2.05, 4.69) is 9.47 Å². The van der Waals surface area contributed by atoms with Crippen LogP contribution in [0.1, 0.15) is 12.8 Å². The number of rotatable bonds is 6. The van der Waals surface area contributed by atoms with Crippen molar-refractivity contribution < 1.29 is 9.72 Å². The van der Waals surface area contributed by atoms with Gasteiger partial charge in [-0.1, -0.05) is 24.3 Å². The maximum absolute atomic E-state index is 12.9. The zero-order chi connectivity index (χ0) is 24.4. The normalized spacial score (nSPS) is 13.9. The molecule has 0 N–H and O–H groups in total. The van der Waals surface area contributed by atoms with E-state index in [1.807, 2.05) is 53.4 Å². The number of carbonyl (C=O) groups excluding carboxylic acids is 1. The Morgan fingerprint density at radius 3 is 1.97 bits per heavy atom. The molecule has 1 amide bonds. The Balaban J connectivity index is 1.22. The van der Waals surface area contributed by atoms with Gasteiger partial charge in [0.15, 0.2) is 5.43 Å². The van der Waals surface area contributed by atoms with Crippen molar-refractivity contribution in [3.05, 3.63) is 93.1 Å². The number of non-ortho nitro benzene ring substituents is 1. The minimum absolute atomic E-state index is 0.0365. The largest absolute Gasteiger partial charge is 0.368 e. The summed E-state index contributed by atoms with van der Waals surface area (Å²) in [5, 5.41) is 12.2. The number of para-hydroxylation sites is 2. The Bertz CT molecular complexity index is 1390. The first-order chi connectivity index (χ1) is 17.0. The SMILES string of the molecule is O=C(CCCn1c2ccccc2c(=O)c2ccccc21)N1CCN(c2ccc([N+](=O)[O-])cc2)CC1. The van der Waals surface area contributed by atoms with E-state index in [-0.39, 0.29) is 17.0 Å². The second-order valence-electron chi connectivity index (χ2n) is 8.76. The van der Waals surface area contributed by atoms with Crippen LogP contribution in [0, 0.1) is 10.1 Å². The van der Waals surface area contributed by atoms with Crippen molar-refractivity contribution in [1.82, 2.24) is 9.47 Å². The zero-order valence-corrected chi connectivity index (χ0v) is 19.3. The van der Waals surface area contributed by atoms with E-state index in [4.69, 9.17) is 0 Å². The number of aromatic nitrogens is 1. The molecule has 1 saturated heterocycles. The highest BCUT2D eigenvalue weighted by atomic mass is 16.6. The van der Waals surface area contributed by atoms with Gasteiger partial charge < -0.3 is 14.4 Å². The van der Waals surface area contributed by atoms with E-state index in [1.165, 1.54) is 12.1 Å². The van der Waals surface area contributed by atoms with Gasteiger partial charge in [0, 0.05) is 67.7 Å². The van der Waals surface area contributed by atoms with Gasteiger partial charge in [0.25, 0.3) is 5.69 Å². The van der Waals surface area contributed by atoms with Gasteiger partial charge in [0.2, 0.25) is 5.91 Å². The van der Waals surface area contributed by atoms with Gasteiger partial charge in [-0.3, -0.25) is 19.7 Å². The smallest absolute Gasteiger partial charge is 0.269 e. The quantitative estimate of drug-likeness (QED) is 0.240. The highest BCUT2D eigenvalue weighted by molar-refractivity contribution is 5.93. The van der Waals surface area contributed by atoms with Crippen LogP contribution in [-0.2, 0) is 11.3 Å². The summed E-state index contributed by atoms with van der Waals surface area (Å²) in [6.45, 7) is 3.28. The lowest BCUT2D eigenvalue weighted by Gasteiger charge is -2.36. The first kappa shape index (κ1) is 22.6. The molecule has 8 heteroatoms. The van der Waals surface area contributed by atoms with Crippen molar-refractivity contribution in [2.45, 2.75) is 19.4 Å².